The molecule has 0 unspecified atom stereocenters. The van der Waals surface area contributed by atoms with Gasteiger partial charge in [-0.3, -0.25) is 4.79 Å². The zero-order chi connectivity index (χ0) is 18.0. The van der Waals surface area contributed by atoms with Gasteiger partial charge < -0.3 is 9.67 Å². The van der Waals surface area contributed by atoms with Gasteiger partial charge in [0.15, 0.2) is 0 Å². The Morgan fingerprint density at radius 3 is 2.60 bits per heavy atom. The van der Waals surface area contributed by atoms with Crippen LogP contribution >= 0.6 is 0 Å². The Morgan fingerprint density at radius 1 is 1.24 bits per heavy atom. The van der Waals surface area contributed by atoms with Crippen molar-refractivity contribution in [2.75, 3.05) is 0 Å². The van der Waals surface area contributed by atoms with Crippen molar-refractivity contribution in [1.82, 2.24) is 14.2 Å². The summed E-state index contributed by atoms with van der Waals surface area (Å²) < 4.78 is 3.02. The Kier molecular flexibility index (Phi) is 4.70. The van der Waals surface area contributed by atoms with Crippen LogP contribution in [0.3, 0.4) is 0 Å². The largest absolute Gasteiger partial charge is 0.477 e. The van der Waals surface area contributed by atoms with Gasteiger partial charge in [0, 0.05) is 18.8 Å². The van der Waals surface area contributed by atoms with Gasteiger partial charge in [0.1, 0.15) is 11.2 Å². The van der Waals surface area contributed by atoms with E-state index in [0.29, 0.717) is 12.2 Å². The first kappa shape index (κ1) is 17.0. The van der Waals surface area contributed by atoms with E-state index in [9.17, 15) is 14.7 Å². The predicted molar refractivity (Wildman–Crippen MR) is 95.3 cm³/mol. The van der Waals surface area contributed by atoms with Crippen LogP contribution in [0.25, 0.3) is 5.65 Å². The highest BCUT2D eigenvalue weighted by atomic mass is 16.4. The van der Waals surface area contributed by atoms with Gasteiger partial charge in [-0.05, 0) is 24.3 Å². The summed E-state index contributed by atoms with van der Waals surface area (Å²) in [7, 11) is 0. The molecule has 0 atom stereocenters. The maximum atomic E-state index is 12.4. The minimum absolute atomic E-state index is 0.158. The van der Waals surface area contributed by atoms with Crippen molar-refractivity contribution in [2.24, 2.45) is 0 Å². The average molecular weight is 339 g/mol. The number of aromatic carboxylic acids is 1. The highest BCUT2D eigenvalue weighted by molar-refractivity contribution is 5.87. The zero-order valence-electron chi connectivity index (χ0n) is 14.3. The smallest absolute Gasteiger partial charge is 0.342 e. The minimum Gasteiger partial charge on any atom is -0.477 e. The molecular weight excluding hydrogens is 318 g/mol. The molecule has 130 valence electrons. The van der Waals surface area contributed by atoms with Crippen LogP contribution in [0.15, 0.2) is 47.4 Å². The third-order valence-corrected chi connectivity index (χ3v) is 4.24. The normalized spacial score (nSPS) is 11.3. The number of carbonyl (C=O) groups is 1. The van der Waals surface area contributed by atoms with Gasteiger partial charge in [-0.1, -0.05) is 44.2 Å². The molecule has 25 heavy (non-hydrogen) atoms. The lowest BCUT2D eigenvalue weighted by Gasteiger charge is -2.10. The lowest BCUT2D eigenvalue weighted by molar-refractivity contribution is 0.0693. The quantitative estimate of drug-likeness (QED) is 0.749. The molecule has 0 aliphatic rings. The van der Waals surface area contributed by atoms with E-state index >= 15 is 0 Å². The average Bonchev–Trinajstić information content (AvgIpc) is 3.04. The first-order chi connectivity index (χ1) is 12.0. The lowest BCUT2D eigenvalue weighted by atomic mass is 10.1. The first-order valence-corrected chi connectivity index (χ1v) is 8.37. The first-order valence-electron chi connectivity index (χ1n) is 8.37. The van der Waals surface area contributed by atoms with E-state index in [-0.39, 0.29) is 11.5 Å². The summed E-state index contributed by atoms with van der Waals surface area (Å²) in [6.45, 7) is 4.59. The molecule has 0 radical (unpaired) electrons. The van der Waals surface area contributed by atoms with Crippen molar-refractivity contribution in [3.63, 3.8) is 0 Å². The van der Waals surface area contributed by atoms with Crippen molar-refractivity contribution >= 4 is 11.6 Å². The summed E-state index contributed by atoms with van der Waals surface area (Å²) in [6.07, 6.45) is 3.15. The lowest BCUT2D eigenvalue weighted by Crippen LogP contribution is -2.26. The molecule has 2 heterocycles. The predicted octanol–water partition coefficient (Wildman–Crippen LogP) is 2.95. The number of aryl methyl sites for hydroxylation is 2. The molecule has 0 aliphatic carbocycles. The van der Waals surface area contributed by atoms with Gasteiger partial charge in [0.05, 0.1) is 5.69 Å². The van der Waals surface area contributed by atoms with E-state index < -0.39 is 11.5 Å². The van der Waals surface area contributed by atoms with Crippen LogP contribution in [-0.2, 0) is 13.0 Å². The van der Waals surface area contributed by atoms with Crippen LogP contribution in [0, 0.1) is 0 Å². The van der Waals surface area contributed by atoms with Gasteiger partial charge in [0.2, 0.25) is 0 Å². The third-order valence-electron chi connectivity index (χ3n) is 4.24. The molecule has 6 heteroatoms. The van der Waals surface area contributed by atoms with Crippen LogP contribution in [0.1, 0.15) is 47.8 Å². The molecule has 2 aromatic heterocycles. The SMILES string of the molecule is CC(C)c1cc2n(CCCc3ccccc3)cc(C(=O)O)c(=O)n2n1. The van der Waals surface area contributed by atoms with Gasteiger partial charge in [0.25, 0.3) is 5.56 Å². The highest BCUT2D eigenvalue weighted by Gasteiger charge is 2.17. The van der Waals surface area contributed by atoms with Crippen molar-refractivity contribution in [3.8, 4) is 0 Å². The molecular formula is C19H21N3O3. The van der Waals surface area contributed by atoms with Crippen LogP contribution in [0.2, 0.25) is 0 Å². The number of hydrogen-bond acceptors (Lipinski definition) is 3. The third kappa shape index (κ3) is 3.47. The van der Waals surface area contributed by atoms with Crippen molar-refractivity contribution in [2.45, 2.75) is 39.2 Å². The number of rotatable bonds is 6. The summed E-state index contributed by atoms with van der Waals surface area (Å²) >= 11 is 0. The number of carboxylic acid groups (broad SMARTS) is 1. The monoisotopic (exact) mass is 339 g/mol. The van der Waals surface area contributed by atoms with E-state index in [1.165, 1.54) is 16.3 Å². The van der Waals surface area contributed by atoms with E-state index in [4.69, 9.17) is 0 Å². The summed E-state index contributed by atoms with van der Waals surface area (Å²) in [5, 5.41) is 13.6. The maximum Gasteiger partial charge on any atom is 0.342 e. The van der Waals surface area contributed by atoms with Gasteiger partial charge in [-0.15, -0.1) is 0 Å². The van der Waals surface area contributed by atoms with Crippen LogP contribution in [0.4, 0.5) is 0 Å². The van der Waals surface area contributed by atoms with Crippen LogP contribution < -0.4 is 5.56 Å². The topological polar surface area (TPSA) is 76.6 Å². The molecule has 0 aliphatic heterocycles. The second-order valence-electron chi connectivity index (χ2n) is 6.43. The number of fused-ring (bicyclic) bond motifs is 1. The highest BCUT2D eigenvalue weighted by Crippen LogP contribution is 2.15. The van der Waals surface area contributed by atoms with Crippen LogP contribution in [0.5, 0.6) is 0 Å². The molecule has 6 nitrogen and oxygen atoms in total. The van der Waals surface area contributed by atoms with E-state index in [1.807, 2.05) is 42.7 Å². The molecule has 3 rings (SSSR count). The Balaban J connectivity index is 1.96. The summed E-state index contributed by atoms with van der Waals surface area (Å²) in [5.41, 5.74) is 1.79. The van der Waals surface area contributed by atoms with Crippen molar-refractivity contribution in [3.05, 3.63) is 69.8 Å². The summed E-state index contributed by atoms with van der Waals surface area (Å²) in [6, 6.07) is 12.0. The molecule has 0 amide bonds. The van der Waals surface area contributed by atoms with Gasteiger partial charge >= 0.3 is 5.97 Å². The van der Waals surface area contributed by atoms with E-state index in [1.54, 1.807) is 0 Å². The molecule has 3 aromatic rings. The van der Waals surface area contributed by atoms with Crippen LogP contribution in [-0.4, -0.2) is 25.3 Å². The zero-order valence-corrected chi connectivity index (χ0v) is 14.3. The Morgan fingerprint density at radius 2 is 1.96 bits per heavy atom. The second-order valence-corrected chi connectivity index (χ2v) is 6.43. The number of carboxylic acids is 1. The van der Waals surface area contributed by atoms with Gasteiger partial charge in [-0.2, -0.15) is 9.61 Å². The molecule has 0 saturated carbocycles. The fourth-order valence-electron chi connectivity index (χ4n) is 2.84. The Hall–Kier alpha value is -2.89. The Bertz CT molecular complexity index is 955. The maximum absolute atomic E-state index is 12.4. The summed E-state index contributed by atoms with van der Waals surface area (Å²) in [4.78, 5) is 23.8. The summed E-state index contributed by atoms with van der Waals surface area (Å²) in [5.74, 6) is -1.07. The van der Waals surface area contributed by atoms with Gasteiger partial charge in [-0.25, -0.2) is 4.79 Å². The molecule has 0 fully saturated rings. The standard InChI is InChI=1S/C19H21N3O3/c1-13(2)16-11-17-21(10-6-9-14-7-4-3-5-8-14)12-15(19(24)25)18(23)22(17)20-16/h3-5,7-8,11-13H,6,9-10H2,1-2H3,(H,24,25). The minimum atomic E-state index is -1.23. The number of benzene rings is 1. The van der Waals surface area contributed by atoms with Crippen molar-refractivity contribution < 1.29 is 9.90 Å². The molecule has 0 bridgehead atoms. The van der Waals surface area contributed by atoms with E-state index in [0.717, 1.165) is 18.5 Å². The second kappa shape index (κ2) is 6.93. The molecule has 1 aromatic carbocycles. The fraction of sp³-hybridized carbons (Fsp3) is 0.316. The molecule has 1 N–H and O–H groups in total. The molecule has 0 saturated heterocycles. The number of nitrogens with zero attached hydrogens (tertiary/aromatic N) is 3. The molecule has 0 spiro atoms. The van der Waals surface area contributed by atoms with E-state index in [2.05, 4.69) is 17.2 Å². The number of hydrogen-bond donors (Lipinski definition) is 1. The Labute approximate surface area is 145 Å². The van der Waals surface area contributed by atoms with Crippen molar-refractivity contribution in [1.29, 1.82) is 0 Å². The number of aromatic nitrogens is 3. The fourth-order valence-corrected chi connectivity index (χ4v) is 2.84.